The zero-order valence-corrected chi connectivity index (χ0v) is 21.5. The third-order valence-corrected chi connectivity index (χ3v) is 6.53. The number of rotatable bonds is 20. The smallest absolute Gasteiger partial charge is 0.481 e. The Morgan fingerprint density at radius 2 is 1.58 bits per heavy atom. The Morgan fingerprint density at radius 3 is 2.08 bits per heavy atom. The van der Waals surface area contributed by atoms with Gasteiger partial charge in [0.2, 0.25) is 17.7 Å². The molecule has 15 nitrogen and oxygen atoms in total. The lowest BCUT2D eigenvalue weighted by atomic mass is 9.82. The molecule has 5 atom stereocenters. The highest BCUT2D eigenvalue weighted by atomic mass is 28.4. The van der Waals surface area contributed by atoms with E-state index < -0.39 is 62.3 Å². The first-order valence-corrected chi connectivity index (χ1v) is 13.6. The quantitative estimate of drug-likeness (QED) is 0.0346. The van der Waals surface area contributed by atoms with Crippen molar-refractivity contribution in [3.8, 4) is 0 Å². The van der Waals surface area contributed by atoms with Crippen molar-refractivity contribution in [1.82, 2.24) is 11.0 Å². The maximum absolute atomic E-state index is 12.3. The molecule has 0 aromatic rings. The highest BCUT2D eigenvalue weighted by Gasteiger charge is 2.32. The largest absolute Gasteiger partial charge is 0.492 e. The summed E-state index contributed by atoms with van der Waals surface area (Å²) in [6.45, 7) is 2.65. The topological polar surface area (TPSA) is 258 Å². The van der Waals surface area contributed by atoms with Crippen molar-refractivity contribution < 1.29 is 58.6 Å². The van der Waals surface area contributed by atoms with Crippen LogP contribution in [0.3, 0.4) is 0 Å². The first-order valence-electron chi connectivity index (χ1n) is 11.5. The minimum atomic E-state index is -4.13. The van der Waals surface area contributed by atoms with E-state index in [4.69, 9.17) is 34.9 Å². The number of hydrogen-bond acceptors (Lipinski definition) is 11. The van der Waals surface area contributed by atoms with Crippen LogP contribution in [-0.2, 0) is 28.8 Å². The Bertz CT molecular complexity index is 706. The molecule has 0 saturated carbocycles. The van der Waals surface area contributed by atoms with Gasteiger partial charge in [-0.3, -0.25) is 29.2 Å². The Morgan fingerprint density at radius 1 is 0.972 bits per heavy atom. The van der Waals surface area contributed by atoms with E-state index in [1.807, 2.05) is 0 Å². The molecular weight excluding hydrogens is 502 g/mol. The lowest BCUT2D eigenvalue weighted by Crippen LogP contribution is -2.38. The second kappa shape index (κ2) is 17.3. The van der Waals surface area contributed by atoms with Crippen LogP contribution in [0.15, 0.2) is 0 Å². The number of primary amides is 1. The summed E-state index contributed by atoms with van der Waals surface area (Å²) >= 11 is 0. The zero-order chi connectivity index (χ0) is 27.9. The van der Waals surface area contributed by atoms with Gasteiger partial charge >= 0.3 is 14.8 Å². The van der Waals surface area contributed by atoms with Gasteiger partial charge in [0, 0.05) is 30.4 Å². The van der Waals surface area contributed by atoms with Crippen molar-refractivity contribution in [3.05, 3.63) is 0 Å². The van der Waals surface area contributed by atoms with Crippen molar-refractivity contribution in [2.45, 2.75) is 58.1 Å². The molecule has 10 N–H and O–H groups in total. The summed E-state index contributed by atoms with van der Waals surface area (Å²) in [5.74, 6) is -7.10. The minimum Gasteiger partial charge on any atom is -0.481 e. The van der Waals surface area contributed by atoms with E-state index in [0.29, 0.717) is 0 Å². The molecule has 5 unspecified atom stereocenters. The van der Waals surface area contributed by atoms with Crippen LogP contribution in [-0.4, -0.2) is 88.2 Å². The van der Waals surface area contributed by atoms with E-state index in [9.17, 15) is 29.4 Å². The first-order chi connectivity index (χ1) is 16.7. The fourth-order valence-electron chi connectivity index (χ4n) is 3.38. The Labute approximate surface area is 209 Å². The lowest BCUT2D eigenvalue weighted by Gasteiger charge is -2.24. The van der Waals surface area contributed by atoms with E-state index >= 15 is 0 Å². The van der Waals surface area contributed by atoms with Crippen molar-refractivity contribution in [1.29, 1.82) is 0 Å². The van der Waals surface area contributed by atoms with Gasteiger partial charge in [-0.1, -0.05) is 13.8 Å². The number of carboxylic acids is 1. The number of hydroxylamine groups is 2. The summed E-state index contributed by atoms with van der Waals surface area (Å²) in [5.41, 5.74) is 8.99. The maximum Gasteiger partial charge on any atom is 0.492 e. The number of carbonyl (C=O) groups is 4. The van der Waals surface area contributed by atoms with Gasteiger partial charge in [-0.25, -0.2) is 11.0 Å². The minimum absolute atomic E-state index is 0.0585. The molecule has 3 amide bonds. The summed E-state index contributed by atoms with van der Waals surface area (Å²) in [5, 5.41) is 28.1. The molecule has 36 heavy (non-hydrogen) atoms. The van der Waals surface area contributed by atoms with Gasteiger partial charge in [-0.05, 0) is 32.1 Å². The second-order valence-corrected chi connectivity index (χ2v) is 10.8. The number of carboxylic acid groups (broad SMARTS) is 1. The Hall–Kier alpha value is -2.18. The van der Waals surface area contributed by atoms with Gasteiger partial charge in [0.05, 0.1) is 12.5 Å². The summed E-state index contributed by atoms with van der Waals surface area (Å²) in [4.78, 5) is 79.2. The van der Waals surface area contributed by atoms with Gasteiger partial charge in [0.1, 0.15) is 12.7 Å². The molecule has 0 heterocycles. The number of hydrogen-bond donors (Lipinski definition) is 9. The number of ether oxygens (including phenoxy) is 1. The van der Waals surface area contributed by atoms with Gasteiger partial charge in [-0.2, -0.15) is 0 Å². The number of aliphatic hydroxyl groups excluding tert-OH is 1. The van der Waals surface area contributed by atoms with Crippen molar-refractivity contribution in [3.63, 3.8) is 0 Å². The van der Waals surface area contributed by atoms with Crippen LogP contribution < -0.4 is 16.7 Å². The average Bonchev–Trinajstić information content (AvgIpc) is 2.78. The molecular formula is C20H39N3O12Si. The van der Waals surface area contributed by atoms with E-state index in [2.05, 4.69) is 5.48 Å². The van der Waals surface area contributed by atoms with Gasteiger partial charge in [0.25, 0.3) is 0 Å². The fourth-order valence-corrected chi connectivity index (χ4v) is 4.00. The number of aliphatic carboxylic acids is 1. The van der Waals surface area contributed by atoms with Crippen LogP contribution >= 0.6 is 0 Å². The summed E-state index contributed by atoms with van der Waals surface area (Å²) in [7, 11) is -4.13. The molecule has 16 heteroatoms. The average molecular weight is 542 g/mol. The summed E-state index contributed by atoms with van der Waals surface area (Å²) in [6.07, 6.45) is -1.09. The van der Waals surface area contributed by atoms with E-state index in [-0.39, 0.29) is 58.0 Å². The van der Waals surface area contributed by atoms with Crippen molar-refractivity contribution in [2.24, 2.45) is 29.4 Å². The normalized spacial score (nSPS) is 15.9. The van der Waals surface area contributed by atoms with Crippen molar-refractivity contribution >= 4 is 32.5 Å². The molecule has 0 aromatic carbocycles. The van der Waals surface area contributed by atoms with Crippen LogP contribution in [0.4, 0.5) is 0 Å². The Balaban J connectivity index is 4.70. The summed E-state index contributed by atoms with van der Waals surface area (Å²) in [6, 6.07) is -0.207. The monoisotopic (exact) mass is 541 g/mol. The second-order valence-electron chi connectivity index (χ2n) is 8.71. The van der Waals surface area contributed by atoms with Crippen LogP contribution in [0.2, 0.25) is 6.04 Å². The molecule has 0 aliphatic heterocycles. The number of aliphatic hydroxyl groups is 1. The maximum atomic E-state index is 12.3. The van der Waals surface area contributed by atoms with E-state index in [1.165, 1.54) is 12.4 Å². The zero-order valence-electron chi connectivity index (χ0n) is 20.5. The summed E-state index contributed by atoms with van der Waals surface area (Å²) < 4.78 is 5.10. The van der Waals surface area contributed by atoms with Gasteiger partial charge in [0.15, 0.2) is 0 Å². The number of carbonyl (C=O) groups excluding carboxylic acids is 3. The van der Waals surface area contributed by atoms with Crippen molar-refractivity contribution in [2.75, 3.05) is 19.8 Å². The van der Waals surface area contributed by atoms with Crippen LogP contribution in [0.5, 0.6) is 0 Å². The van der Waals surface area contributed by atoms with E-state index in [1.54, 1.807) is 6.92 Å². The SMILES string of the molecule is CCC(CC(CC(CC(C)C(=O)NOCC(O)COCCC[Si](O)(O)O)C(=O)NO)C(N)=O)C(=O)O. The molecule has 0 aromatic heterocycles. The molecule has 0 saturated heterocycles. The van der Waals surface area contributed by atoms with Crippen LogP contribution in [0.1, 0.15) is 46.0 Å². The molecule has 0 rings (SSSR count). The molecule has 0 fully saturated rings. The number of amides is 3. The Kier molecular flexibility index (Phi) is 16.3. The first kappa shape index (κ1) is 33.8. The third-order valence-electron chi connectivity index (χ3n) is 5.51. The predicted molar refractivity (Wildman–Crippen MR) is 123 cm³/mol. The molecule has 0 bridgehead atoms. The third kappa shape index (κ3) is 15.0. The number of nitrogens with two attached hydrogens (primary N) is 1. The highest BCUT2D eigenvalue weighted by molar-refractivity contribution is 6.56. The molecule has 0 radical (unpaired) electrons. The van der Waals surface area contributed by atoms with Crippen LogP contribution in [0, 0.1) is 23.7 Å². The lowest BCUT2D eigenvalue weighted by molar-refractivity contribution is -0.143. The highest BCUT2D eigenvalue weighted by Crippen LogP contribution is 2.26. The van der Waals surface area contributed by atoms with Gasteiger partial charge in [-0.15, -0.1) is 0 Å². The van der Waals surface area contributed by atoms with E-state index in [0.717, 1.165) is 0 Å². The van der Waals surface area contributed by atoms with Gasteiger partial charge < -0.3 is 35.1 Å². The number of nitrogens with one attached hydrogen (secondary N) is 2. The molecule has 0 spiro atoms. The molecule has 210 valence electrons. The molecule has 0 aliphatic rings. The van der Waals surface area contributed by atoms with Crippen LogP contribution in [0.25, 0.3) is 0 Å². The fraction of sp³-hybridized carbons (Fsp3) is 0.800. The standard InChI is InChI=1S/C20H39N3O12Si/c1-3-13(20(28)29)8-14(17(21)25)9-15(19(27)22-30)7-12(2)18(26)23-35-11-16(24)10-34-5-4-6-36(31,32)33/h12-16,24,30-33H,3-11H2,1-2H3,(H2,21,25)(H,22,27)(H,23,26)(H,28,29). The predicted octanol–water partition coefficient (Wildman–Crippen LogP) is -2.14. The molecule has 0 aliphatic carbocycles.